The molecule has 1 heterocycles. The molecule has 0 saturated heterocycles. The molecule has 5 nitrogen and oxygen atoms in total. The number of hydrogen-bond donors (Lipinski definition) is 1. The Morgan fingerprint density at radius 2 is 2.18 bits per heavy atom. The molecule has 2 rings (SSSR count). The summed E-state index contributed by atoms with van der Waals surface area (Å²) in [5.74, 6) is 0.612. The average molecular weight is 236 g/mol. The van der Waals surface area contributed by atoms with Gasteiger partial charge in [0.05, 0.1) is 6.61 Å². The van der Waals surface area contributed by atoms with E-state index in [2.05, 4.69) is 0 Å². The normalized spacial score (nSPS) is 13.0. The molecule has 1 aromatic carbocycles. The summed E-state index contributed by atoms with van der Waals surface area (Å²) in [6.07, 6.45) is 2.72. The lowest BCUT2D eigenvalue weighted by molar-refractivity contribution is -0.137. The van der Waals surface area contributed by atoms with Crippen molar-refractivity contribution >= 4 is 12.0 Å². The summed E-state index contributed by atoms with van der Waals surface area (Å²) < 4.78 is 15.0. The van der Waals surface area contributed by atoms with Crippen LogP contribution in [0, 0.1) is 0 Å². The summed E-state index contributed by atoms with van der Waals surface area (Å²) in [4.78, 5) is 11.1. The highest BCUT2D eigenvalue weighted by Crippen LogP contribution is 2.37. The fourth-order valence-corrected chi connectivity index (χ4v) is 1.43. The zero-order valence-corrected chi connectivity index (χ0v) is 9.30. The maximum absolute atomic E-state index is 11.1. The Balaban J connectivity index is 2.19. The van der Waals surface area contributed by atoms with Crippen molar-refractivity contribution in [3.8, 4) is 17.2 Å². The maximum Gasteiger partial charge on any atom is 0.330 e. The Labute approximate surface area is 98.2 Å². The van der Waals surface area contributed by atoms with E-state index < -0.39 is 5.97 Å². The molecule has 0 saturated carbocycles. The van der Waals surface area contributed by atoms with Crippen LogP contribution in [0.15, 0.2) is 18.2 Å². The molecule has 0 unspecified atom stereocenters. The summed E-state index contributed by atoms with van der Waals surface area (Å²) in [5.41, 5.74) is 0.474. The first-order valence-electron chi connectivity index (χ1n) is 5.18. The Kier molecular flexibility index (Phi) is 3.18. The van der Waals surface area contributed by atoms with E-state index in [0.717, 1.165) is 0 Å². The number of carbonyl (C=O) groups excluding carboxylic acids is 1. The van der Waals surface area contributed by atoms with Gasteiger partial charge in [-0.25, -0.2) is 4.79 Å². The van der Waals surface area contributed by atoms with Crippen LogP contribution in [-0.4, -0.2) is 24.5 Å². The predicted molar refractivity (Wildman–Crippen MR) is 59.9 cm³/mol. The first kappa shape index (κ1) is 11.3. The third-order valence-corrected chi connectivity index (χ3v) is 2.21. The van der Waals surface area contributed by atoms with Gasteiger partial charge in [0.15, 0.2) is 11.5 Å². The molecule has 0 bridgehead atoms. The minimum absolute atomic E-state index is 0.0230. The van der Waals surface area contributed by atoms with Crippen LogP contribution >= 0.6 is 0 Å². The van der Waals surface area contributed by atoms with Crippen LogP contribution in [0.25, 0.3) is 6.08 Å². The van der Waals surface area contributed by atoms with Crippen molar-refractivity contribution in [2.45, 2.75) is 6.92 Å². The topological polar surface area (TPSA) is 65.0 Å². The first-order valence-corrected chi connectivity index (χ1v) is 5.18. The molecule has 0 aliphatic carbocycles. The van der Waals surface area contributed by atoms with Gasteiger partial charge in [-0.05, 0) is 19.1 Å². The van der Waals surface area contributed by atoms with E-state index in [0.29, 0.717) is 23.7 Å². The third kappa shape index (κ3) is 2.50. The van der Waals surface area contributed by atoms with Gasteiger partial charge >= 0.3 is 5.97 Å². The minimum Gasteiger partial charge on any atom is -0.507 e. The van der Waals surface area contributed by atoms with Gasteiger partial charge in [-0.15, -0.1) is 0 Å². The zero-order chi connectivity index (χ0) is 12.3. The summed E-state index contributed by atoms with van der Waals surface area (Å²) >= 11 is 0. The van der Waals surface area contributed by atoms with E-state index in [9.17, 15) is 9.90 Å². The maximum atomic E-state index is 11.1. The van der Waals surface area contributed by atoms with Crippen LogP contribution in [0.4, 0.5) is 0 Å². The van der Waals surface area contributed by atoms with Crippen molar-refractivity contribution in [3.63, 3.8) is 0 Å². The van der Waals surface area contributed by atoms with E-state index in [1.807, 2.05) is 0 Å². The summed E-state index contributed by atoms with van der Waals surface area (Å²) in [5, 5.41) is 9.68. The lowest BCUT2D eigenvalue weighted by Crippen LogP contribution is -1.98. The SMILES string of the molecule is CCOC(=O)/C=C/c1cc2c(cc1O)OCO2. The quantitative estimate of drug-likeness (QED) is 0.639. The average Bonchev–Trinajstić information content (AvgIpc) is 2.73. The number of hydrogen-bond acceptors (Lipinski definition) is 5. The molecular formula is C12H12O5. The van der Waals surface area contributed by atoms with Gasteiger partial charge in [0, 0.05) is 17.7 Å². The number of phenolic OH excluding ortho intramolecular Hbond substituents is 1. The standard InChI is InChI=1S/C12H12O5/c1-2-15-12(14)4-3-8-5-10-11(6-9(8)13)17-7-16-10/h3-6,13H,2,7H2,1H3/b4-3+. The fraction of sp³-hybridized carbons (Fsp3) is 0.250. The Bertz CT molecular complexity index is 464. The summed E-state index contributed by atoms with van der Waals surface area (Å²) in [6, 6.07) is 3.06. The molecule has 17 heavy (non-hydrogen) atoms. The van der Waals surface area contributed by atoms with Gasteiger partial charge in [0.25, 0.3) is 0 Å². The lowest BCUT2D eigenvalue weighted by Gasteiger charge is -2.01. The number of rotatable bonds is 3. The monoisotopic (exact) mass is 236 g/mol. The van der Waals surface area contributed by atoms with Gasteiger partial charge in [0.1, 0.15) is 5.75 Å². The highest BCUT2D eigenvalue weighted by Gasteiger charge is 2.15. The summed E-state index contributed by atoms with van der Waals surface area (Å²) in [7, 11) is 0. The molecule has 0 atom stereocenters. The lowest BCUT2D eigenvalue weighted by atomic mass is 10.1. The van der Waals surface area contributed by atoms with Crippen molar-refractivity contribution in [1.29, 1.82) is 0 Å². The van der Waals surface area contributed by atoms with Crippen molar-refractivity contribution in [1.82, 2.24) is 0 Å². The van der Waals surface area contributed by atoms with Crippen LogP contribution < -0.4 is 9.47 Å². The number of ether oxygens (including phenoxy) is 3. The highest BCUT2D eigenvalue weighted by molar-refractivity contribution is 5.87. The van der Waals surface area contributed by atoms with Crippen LogP contribution in [0.1, 0.15) is 12.5 Å². The van der Waals surface area contributed by atoms with Crippen molar-refractivity contribution in [2.75, 3.05) is 13.4 Å². The highest BCUT2D eigenvalue weighted by atomic mass is 16.7. The predicted octanol–water partition coefficient (Wildman–Crippen LogP) is 1.70. The second kappa shape index (κ2) is 4.78. The molecular weight excluding hydrogens is 224 g/mol. The van der Waals surface area contributed by atoms with Crippen LogP contribution in [0.3, 0.4) is 0 Å². The van der Waals surface area contributed by atoms with Crippen LogP contribution in [0.2, 0.25) is 0 Å². The van der Waals surface area contributed by atoms with Gasteiger partial charge < -0.3 is 19.3 Å². The molecule has 1 aliphatic heterocycles. The smallest absolute Gasteiger partial charge is 0.330 e. The molecule has 5 heteroatoms. The number of phenols is 1. The second-order valence-electron chi connectivity index (χ2n) is 3.35. The molecule has 0 aromatic heterocycles. The van der Waals surface area contributed by atoms with E-state index in [4.69, 9.17) is 14.2 Å². The van der Waals surface area contributed by atoms with Gasteiger partial charge in [0.2, 0.25) is 6.79 Å². The molecule has 0 amide bonds. The Morgan fingerprint density at radius 1 is 1.47 bits per heavy atom. The summed E-state index contributed by atoms with van der Waals surface area (Å²) in [6.45, 7) is 2.18. The van der Waals surface area contributed by atoms with E-state index >= 15 is 0 Å². The molecule has 0 spiro atoms. The van der Waals surface area contributed by atoms with E-state index in [1.165, 1.54) is 18.2 Å². The molecule has 1 N–H and O–H groups in total. The number of benzene rings is 1. The third-order valence-electron chi connectivity index (χ3n) is 2.21. The largest absolute Gasteiger partial charge is 0.507 e. The molecule has 1 aliphatic rings. The molecule has 0 fully saturated rings. The van der Waals surface area contributed by atoms with Crippen molar-refractivity contribution < 1.29 is 24.1 Å². The van der Waals surface area contributed by atoms with Gasteiger partial charge in [-0.3, -0.25) is 0 Å². The van der Waals surface area contributed by atoms with Crippen molar-refractivity contribution in [2.24, 2.45) is 0 Å². The molecule has 1 aromatic rings. The zero-order valence-electron chi connectivity index (χ0n) is 9.30. The first-order chi connectivity index (χ1) is 8.20. The second-order valence-corrected chi connectivity index (χ2v) is 3.35. The van der Waals surface area contributed by atoms with E-state index in [-0.39, 0.29) is 12.5 Å². The minimum atomic E-state index is -0.454. The molecule has 90 valence electrons. The van der Waals surface area contributed by atoms with Gasteiger partial charge in [-0.2, -0.15) is 0 Å². The van der Waals surface area contributed by atoms with Crippen LogP contribution in [-0.2, 0) is 9.53 Å². The van der Waals surface area contributed by atoms with Crippen LogP contribution in [0.5, 0.6) is 17.2 Å². The van der Waals surface area contributed by atoms with Gasteiger partial charge in [-0.1, -0.05) is 0 Å². The molecule has 0 radical (unpaired) electrons. The fourth-order valence-electron chi connectivity index (χ4n) is 1.43. The Hall–Kier alpha value is -2.17. The number of esters is 1. The number of fused-ring (bicyclic) bond motifs is 1. The van der Waals surface area contributed by atoms with Crippen molar-refractivity contribution in [3.05, 3.63) is 23.8 Å². The van der Waals surface area contributed by atoms with E-state index in [1.54, 1.807) is 13.0 Å². The Morgan fingerprint density at radius 3 is 2.88 bits per heavy atom. The number of carbonyl (C=O) groups is 1. The number of aromatic hydroxyl groups is 1.